The second-order valence-electron chi connectivity index (χ2n) is 5.48. The summed E-state index contributed by atoms with van der Waals surface area (Å²) in [5, 5.41) is 13.6. The molecule has 2 rings (SSSR count). The Labute approximate surface area is 114 Å². The van der Waals surface area contributed by atoms with Gasteiger partial charge < -0.3 is 14.4 Å². The van der Waals surface area contributed by atoms with E-state index in [9.17, 15) is 5.11 Å². The number of aliphatic hydroxyl groups is 1. The average Bonchev–Trinajstić information content (AvgIpc) is 2.90. The minimum Gasteiger partial charge on any atom is -0.393 e. The van der Waals surface area contributed by atoms with E-state index in [0.29, 0.717) is 18.3 Å². The van der Waals surface area contributed by atoms with Crippen LogP contribution >= 0.6 is 0 Å². The molecule has 1 unspecified atom stereocenters. The van der Waals surface area contributed by atoms with Gasteiger partial charge in [0.1, 0.15) is 5.60 Å². The summed E-state index contributed by atoms with van der Waals surface area (Å²) in [6.07, 6.45) is 4.12. The zero-order valence-electron chi connectivity index (χ0n) is 12.1. The molecule has 1 atom stereocenters. The van der Waals surface area contributed by atoms with Crippen molar-refractivity contribution in [2.45, 2.75) is 70.5 Å². The summed E-state index contributed by atoms with van der Waals surface area (Å²) < 4.78 is 11.2. The Morgan fingerprint density at radius 2 is 2.00 bits per heavy atom. The molecule has 0 bridgehead atoms. The Kier molecular flexibility index (Phi) is 4.58. The molecule has 5 heteroatoms. The maximum atomic E-state index is 9.53. The minimum atomic E-state index is -0.468. The van der Waals surface area contributed by atoms with E-state index in [4.69, 9.17) is 9.26 Å². The highest BCUT2D eigenvalue weighted by Crippen LogP contribution is 2.34. The summed E-state index contributed by atoms with van der Waals surface area (Å²) >= 11 is 0. The van der Waals surface area contributed by atoms with Gasteiger partial charge in [-0.05, 0) is 46.0 Å². The molecule has 0 spiro atoms. The van der Waals surface area contributed by atoms with Gasteiger partial charge in [0.2, 0.25) is 11.7 Å². The van der Waals surface area contributed by atoms with Crippen molar-refractivity contribution < 1.29 is 14.4 Å². The molecule has 1 N–H and O–H groups in total. The third-order valence-corrected chi connectivity index (χ3v) is 4.10. The molecule has 1 aliphatic rings. The van der Waals surface area contributed by atoms with E-state index in [1.807, 2.05) is 13.8 Å². The van der Waals surface area contributed by atoms with Gasteiger partial charge in [-0.2, -0.15) is 4.98 Å². The van der Waals surface area contributed by atoms with Crippen molar-refractivity contribution in [1.29, 1.82) is 0 Å². The summed E-state index contributed by atoms with van der Waals surface area (Å²) in [5.41, 5.74) is -0.468. The van der Waals surface area contributed by atoms with Crippen molar-refractivity contribution in [3.63, 3.8) is 0 Å². The van der Waals surface area contributed by atoms with Gasteiger partial charge >= 0.3 is 0 Å². The van der Waals surface area contributed by atoms with Gasteiger partial charge in [-0.1, -0.05) is 12.1 Å². The lowest BCUT2D eigenvalue weighted by Gasteiger charge is -2.24. The molecule has 0 aliphatic heterocycles. The van der Waals surface area contributed by atoms with Crippen molar-refractivity contribution in [3.8, 4) is 0 Å². The zero-order chi connectivity index (χ0) is 13.9. The molecule has 1 aromatic rings. The van der Waals surface area contributed by atoms with E-state index in [1.165, 1.54) is 0 Å². The van der Waals surface area contributed by atoms with Crippen LogP contribution in [0.25, 0.3) is 0 Å². The molecule has 1 aliphatic carbocycles. The Morgan fingerprint density at radius 3 is 2.58 bits per heavy atom. The number of aromatic nitrogens is 2. The fourth-order valence-electron chi connectivity index (χ4n) is 2.58. The number of aliphatic hydroxyl groups excluding tert-OH is 1. The molecule has 19 heavy (non-hydrogen) atoms. The minimum absolute atomic E-state index is 0.164. The van der Waals surface area contributed by atoms with Gasteiger partial charge in [-0.15, -0.1) is 0 Å². The highest BCUT2D eigenvalue weighted by molar-refractivity contribution is 5.03. The fourth-order valence-corrected chi connectivity index (χ4v) is 2.58. The first-order chi connectivity index (χ1) is 9.09. The molecule has 0 amide bonds. The number of hydrogen-bond acceptors (Lipinski definition) is 5. The van der Waals surface area contributed by atoms with Crippen LogP contribution in [-0.2, 0) is 10.3 Å². The highest BCUT2D eigenvalue weighted by Gasteiger charge is 2.33. The molecule has 0 aromatic carbocycles. The van der Waals surface area contributed by atoms with Gasteiger partial charge in [-0.3, -0.25) is 0 Å². The summed E-state index contributed by atoms with van der Waals surface area (Å²) in [5.74, 6) is 1.62. The van der Waals surface area contributed by atoms with Gasteiger partial charge in [0.05, 0.1) is 6.10 Å². The Hall–Kier alpha value is -0.940. The van der Waals surface area contributed by atoms with Gasteiger partial charge in [-0.25, -0.2) is 0 Å². The van der Waals surface area contributed by atoms with Crippen LogP contribution in [0.4, 0.5) is 0 Å². The molecule has 108 valence electrons. The molecule has 1 aromatic heterocycles. The molecule has 1 heterocycles. The van der Waals surface area contributed by atoms with E-state index in [-0.39, 0.29) is 12.0 Å². The second kappa shape index (κ2) is 6.01. The number of hydrogen-bond donors (Lipinski definition) is 1. The molecule has 0 saturated heterocycles. The topological polar surface area (TPSA) is 68.4 Å². The van der Waals surface area contributed by atoms with E-state index in [1.54, 1.807) is 0 Å². The summed E-state index contributed by atoms with van der Waals surface area (Å²) in [6.45, 7) is 6.65. The first-order valence-electron chi connectivity index (χ1n) is 7.25. The maximum absolute atomic E-state index is 9.53. The molecule has 1 fully saturated rings. The van der Waals surface area contributed by atoms with E-state index < -0.39 is 5.60 Å². The van der Waals surface area contributed by atoms with Gasteiger partial charge in [0.15, 0.2) is 0 Å². The van der Waals surface area contributed by atoms with Crippen LogP contribution in [0.1, 0.15) is 70.5 Å². The Morgan fingerprint density at radius 1 is 1.32 bits per heavy atom. The lowest BCUT2D eigenvalue weighted by atomic mass is 9.87. The van der Waals surface area contributed by atoms with Gasteiger partial charge in [0.25, 0.3) is 0 Å². The third kappa shape index (κ3) is 3.15. The van der Waals surface area contributed by atoms with Crippen LogP contribution in [0.3, 0.4) is 0 Å². The fraction of sp³-hybridized carbons (Fsp3) is 0.857. The Bertz CT molecular complexity index is 399. The third-order valence-electron chi connectivity index (χ3n) is 4.10. The van der Waals surface area contributed by atoms with Crippen LogP contribution in [0.2, 0.25) is 0 Å². The smallest absolute Gasteiger partial charge is 0.229 e. The largest absolute Gasteiger partial charge is 0.393 e. The van der Waals surface area contributed by atoms with Crippen LogP contribution in [0.15, 0.2) is 4.52 Å². The van der Waals surface area contributed by atoms with Gasteiger partial charge in [0, 0.05) is 12.5 Å². The van der Waals surface area contributed by atoms with Crippen molar-refractivity contribution in [3.05, 3.63) is 11.7 Å². The normalized spacial score (nSPS) is 27.2. The molecule has 5 nitrogen and oxygen atoms in total. The highest BCUT2D eigenvalue weighted by atomic mass is 16.5. The van der Waals surface area contributed by atoms with E-state index >= 15 is 0 Å². The quantitative estimate of drug-likeness (QED) is 0.889. The lowest BCUT2D eigenvalue weighted by Crippen LogP contribution is -2.26. The predicted molar refractivity (Wildman–Crippen MR) is 70.8 cm³/mol. The number of rotatable bonds is 5. The molecule has 1 saturated carbocycles. The summed E-state index contributed by atoms with van der Waals surface area (Å²) in [4.78, 5) is 4.54. The van der Waals surface area contributed by atoms with Crippen LogP contribution < -0.4 is 0 Å². The van der Waals surface area contributed by atoms with Crippen molar-refractivity contribution in [2.75, 3.05) is 6.61 Å². The van der Waals surface area contributed by atoms with Crippen molar-refractivity contribution in [1.82, 2.24) is 10.1 Å². The molecular weight excluding hydrogens is 244 g/mol. The monoisotopic (exact) mass is 268 g/mol. The second-order valence-corrected chi connectivity index (χ2v) is 5.48. The summed E-state index contributed by atoms with van der Waals surface area (Å²) in [6, 6.07) is 0. The SMILES string of the molecule is CCOC(C)(CC)c1noc(C2CCC(O)CC2)n1. The summed E-state index contributed by atoms with van der Waals surface area (Å²) in [7, 11) is 0. The first-order valence-corrected chi connectivity index (χ1v) is 7.25. The van der Waals surface area contributed by atoms with Crippen molar-refractivity contribution in [2.24, 2.45) is 0 Å². The van der Waals surface area contributed by atoms with Crippen LogP contribution in [0.5, 0.6) is 0 Å². The molecule has 0 radical (unpaired) electrons. The number of ether oxygens (including phenoxy) is 1. The standard InChI is InChI=1S/C14H24N2O3/c1-4-14(3,18-5-2)13-15-12(19-16-13)10-6-8-11(17)9-7-10/h10-11,17H,4-9H2,1-3H3. The Balaban J connectivity index is 2.10. The van der Waals surface area contributed by atoms with E-state index in [0.717, 1.165) is 32.1 Å². The zero-order valence-corrected chi connectivity index (χ0v) is 12.1. The van der Waals surface area contributed by atoms with E-state index in [2.05, 4.69) is 17.1 Å². The average molecular weight is 268 g/mol. The first kappa shape index (κ1) is 14.5. The lowest BCUT2D eigenvalue weighted by molar-refractivity contribution is -0.0403. The van der Waals surface area contributed by atoms with Crippen LogP contribution in [0, 0.1) is 0 Å². The van der Waals surface area contributed by atoms with Crippen molar-refractivity contribution >= 4 is 0 Å². The predicted octanol–water partition coefficient (Wildman–Crippen LogP) is 2.75. The van der Waals surface area contributed by atoms with Crippen LogP contribution in [-0.4, -0.2) is 28.0 Å². The maximum Gasteiger partial charge on any atom is 0.229 e. The number of nitrogens with zero attached hydrogens (tertiary/aromatic N) is 2. The molecular formula is C14H24N2O3.